The second-order valence-electron chi connectivity index (χ2n) is 10.4. The topological polar surface area (TPSA) is 90.4 Å². The third-order valence-corrected chi connectivity index (χ3v) is 8.26. The average Bonchev–Trinajstić information content (AvgIpc) is 3.19. The van der Waals surface area contributed by atoms with Crippen molar-refractivity contribution in [1.29, 1.82) is 0 Å². The Bertz CT molecular complexity index is 1090. The molecule has 3 amide bonds. The average molecular weight is 494 g/mol. The maximum Gasteiger partial charge on any atom is 0.249 e. The van der Waals surface area contributed by atoms with E-state index in [0.29, 0.717) is 13.1 Å². The number of aliphatic hydroxyl groups is 1. The fourth-order valence-corrected chi connectivity index (χ4v) is 6.56. The van der Waals surface area contributed by atoms with E-state index >= 15 is 0 Å². The van der Waals surface area contributed by atoms with Gasteiger partial charge in [-0.1, -0.05) is 68.0 Å². The second-order valence-corrected chi connectivity index (χ2v) is 10.4. The summed E-state index contributed by atoms with van der Waals surface area (Å²) < 4.78 is 6.64. The zero-order valence-corrected chi connectivity index (χ0v) is 21.1. The summed E-state index contributed by atoms with van der Waals surface area (Å²) in [5.74, 6) is -2.28. The third kappa shape index (κ3) is 3.61. The molecule has 1 aromatic carbocycles. The van der Waals surface area contributed by atoms with Crippen LogP contribution in [0.4, 0.5) is 0 Å². The summed E-state index contributed by atoms with van der Waals surface area (Å²) in [6, 6.07) is 7.52. The van der Waals surface area contributed by atoms with Crippen molar-refractivity contribution in [2.45, 2.75) is 56.5 Å². The van der Waals surface area contributed by atoms with Gasteiger partial charge in [-0.2, -0.15) is 0 Å². The van der Waals surface area contributed by atoms with Crippen molar-refractivity contribution in [3.05, 3.63) is 60.2 Å². The Hall–Kier alpha value is -2.97. The van der Waals surface area contributed by atoms with Gasteiger partial charge in [-0.25, -0.2) is 0 Å². The highest BCUT2D eigenvalue weighted by Crippen LogP contribution is 2.55. The number of rotatable bonds is 6. The number of hydrogen-bond donors (Lipinski definition) is 1. The zero-order valence-electron chi connectivity index (χ0n) is 21.1. The van der Waals surface area contributed by atoms with Gasteiger partial charge in [0.05, 0.1) is 30.6 Å². The van der Waals surface area contributed by atoms with Gasteiger partial charge in [0.25, 0.3) is 0 Å². The molecule has 8 heteroatoms. The largest absolute Gasteiger partial charge is 0.394 e. The molecule has 0 aromatic heterocycles. The molecule has 4 aliphatic rings. The molecule has 1 N–H and O–H groups in total. The smallest absolute Gasteiger partial charge is 0.249 e. The number of fused-ring (bicyclic) bond motifs is 2. The summed E-state index contributed by atoms with van der Waals surface area (Å²) in [6.07, 6.45) is 8.66. The number of carbonyl (C=O) groups is 3. The number of likely N-dealkylation sites (N-methyl/N-ethyl adjacent to an activating group) is 1. The number of carbonyl (C=O) groups excluding carboxylic acids is 3. The monoisotopic (exact) mass is 493 g/mol. The molecule has 5 rings (SSSR count). The number of amides is 3. The van der Waals surface area contributed by atoms with Gasteiger partial charge in [0, 0.05) is 26.2 Å². The predicted octanol–water partition coefficient (Wildman–Crippen LogP) is 1.92. The highest BCUT2D eigenvalue weighted by molar-refractivity contribution is 6.00. The SMILES string of the molecule is CCCC(C)N1CC=C[C@]23O[C@H]4C=CCN(C)C(=O)[C@H]4[C@H]2C(=O)N([C@H](CO)c2ccccc2)C3C1=O. The Morgan fingerprint density at radius 3 is 2.53 bits per heavy atom. The molecule has 1 aromatic rings. The van der Waals surface area contributed by atoms with E-state index in [9.17, 15) is 19.5 Å². The molecule has 0 saturated carbocycles. The fourth-order valence-electron chi connectivity index (χ4n) is 6.56. The van der Waals surface area contributed by atoms with E-state index in [4.69, 9.17) is 4.74 Å². The van der Waals surface area contributed by atoms with Crippen molar-refractivity contribution in [3.8, 4) is 0 Å². The van der Waals surface area contributed by atoms with Crippen LogP contribution in [0, 0.1) is 11.8 Å². The number of benzene rings is 1. The van der Waals surface area contributed by atoms with E-state index in [1.807, 2.05) is 66.5 Å². The maximum atomic E-state index is 14.3. The van der Waals surface area contributed by atoms with E-state index in [0.717, 1.165) is 18.4 Å². The molecule has 4 aliphatic heterocycles. The summed E-state index contributed by atoms with van der Waals surface area (Å²) in [5, 5.41) is 10.5. The van der Waals surface area contributed by atoms with E-state index < -0.39 is 35.6 Å². The molecule has 192 valence electrons. The molecule has 36 heavy (non-hydrogen) atoms. The summed E-state index contributed by atoms with van der Waals surface area (Å²) in [5.41, 5.74) is -0.552. The summed E-state index contributed by atoms with van der Waals surface area (Å²) >= 11 is 0. The third-order valence-electron chi connectivity index (χ3n) is 8.26. The lowest BCUT2D eigenvalue weighted by atomic mass is 9.77. The van der Waals surface area contributed by atoms with Crippen LogP contribution in [0.15, 0.2) is 54.6 Å². The van der Waals surface area contributed by atoms with Gasteiger partial charge in [0.2, 0.25) is 17.7 Å². The van der Waals surface area contributed by atoms with Crippen molar-refractivity contribution < 1.29 is 24.2 Å². The van der Waals surface area contributed by atoms with Crippen LogP contribution in [-0.4, -0.2) is 88.1 Å². The Kier molecular flexibility index (Phi) is 6.51. The molecule has 2 saturated heterocycles. The first-order valence-electron chi connectivity index (χ1n) is 12.9. The van der Waals surface area contributed by atoms with E-state index in [1.54, 1.807) is 11.9 Å². The lowest BCUT2D eigenvalue weighted by Gasteiger charge is -2.40. The van der Waals surface area contributed by atoms with Crippen LogP contribution in [0.1, 0.15) is 38.3 Å². The standard InChI is InChI=1S/C28H35N3O5/c1-4-10-18(2)30-16-9-14-28-23(22-21(36-28)13-8-15-29(3)25(22)33)26(34)31(24(28)27(30)35)20(17-32)19-11-6-5-7-12-19/h5-9,11-14,18,20-24,32H,4,10,15-17H2,1-3H3/t18?,20-,21+,22-,23+,24?,28+/m1/s1. The number of likely N-dealkylation sites (tertiary alicyclic amines) is 1. The van der Waals surface area contributed by atoms with Crippen molar-refractivity contribution in [1.82, 2.24) is 14.7 Å². The van der Waals surface area contributed by atoms with E-state index in [-0.39, 0.29) is 30.4 Å². The van der Waals surface area contributed by atoms with Crippen LogP contribution >= 0.6 is 0 Å². The molecule has 2 fully saturated rings. The van der Waals surface area contributed by atoms with Crippen LogP contribution < -0.4 is 0 Å². The van der Waals surface area contributed by atoms with Crippen LogP contribution in [0.5, 0.6) is 0 Å². The van der Waals surface area contributed by atoms with Crippen molar-refractivity contribution in [2.75, 3.05) is 26.7 Å². The fraction of sp³-hybridized carbons (Fsp3) is 0.536. The Morgan fingerprint density at radius 1 is 1.08 bits per heavy atom. The minimum absolute atomic E-state index is 0.0258. The van der Waals surface area contributed by atoms with Gasteiger partial charge >= 0.3 is 0 Å². The Balaban J connectivity index is 1.67. The predicted molar refractivity (Wildman–Crippen MR) is 133 cm³/mol. The van der Waals surface area contributed by atoms with Crippen molar-refractivity contribution >= 4 is 17.7 Å². The van der Waals surface area contributed by atoms with Crippen LogP contribution in [-0.2, 0) is 19.1 Å². The highest BCUT2D eigenvalue weighted by Gasteiger charge is 2.72. The molecule has 2 unspecified atom stereocenters. The Morgan fingerprint density at radius 2 is 1.83 bits per heavy atom. The van der Waals surface area contributed by atoms with Crippen LogP contribution in [0.2, 0.25) is 0 Å². The van der Waals surface area contributed by atoms with Crippen LogP contribution in [0.25, 0.3) is 0 Å². The summed E-state index contributed by atoms with van der Waals surface area (Å²) in [4.78, 5) is 47.1. The minimum atomic E-state index is -1.29. The van der Waals surface area contributed by atoms with Gasteiger partial charge in [0.1, 0.15) is 11.6 Å². The van der Waals surface area contributed by atoms with Gasteiger partial charge in [-0.05, 0) is 18.9 Å². The quantitative estimate of drug-likeness (QED) is 0.612. The molecule has 4 heterocycles. The summed E-state index contributed by atoms with van der Waals surface area (Å²) in [6.45, 7) is 4.60. The molecule has 7 atom stereocenters. The van der Waals surface area contributed by atoms with Gasteiger partial charge in [0.15, 0.2) is 0 Å². The van der Waals surface area contributed by atoms with Gasteiger partial charge < -0.3 is 24.5 Å². The first kappa shape index (κ1) is 24.7. The molecular weight excluding hydrogens is 458 g/mol. The molecule has 0 aliphatic carbocycles. The first-order valence-corrected chi connectivity index (χ1v) is 12.9. The Labute approximate surface area is 212 Å². The lowest BCUT2D eigenvalue weighted by Crippen LogP contribution is -2.57. The highest BCUT2D eigenvalue weighted by atomic mass is 16.5. The van der Waals surface area contributed by atoms with E-state index in [1.165, 1.54) is 4.90 Å². The van der Waals surface area contributed by atoms with E-state index in [2.05, 4.69) is 6.92 Å². The number of hydrogen-bond acceptors (Lipinski definition) is 5. The maximum absolute atomic E-state index is 14.3. The van der Waals surface area contributed by atoms with Crippen molar-refractivity contribution in [2.24, 2.45) is 11.8 Å². The molecular formula is C28H35N3O5. The minimum Gasteiger partial charge on any atom is -0.394 e. The van der Waals surface area contributed by atoms with Gasteiger partial charge in [-0.15, -0.1) is 0 Å². The molecule has 0 bridgehead atoms. The zero-order chi connectivity index (χ0) is 25.6. The number of ether oxygens (including phenoxy) is 1. The van der Waals surface area contributed by atoms with Crippen LogP contribution in [0.3, 0.4) is 0 Å². The van der Waals surface area contributed by atoms with Gasteiger partial charge in [-0.3, -0.25) is 14.4 Å². The first-order chi connectivity index (χ1) is 17.4. The number of aliphatic hydroxyl groups excluding tert-OH is 1. The number of nitrogens with zero attached hydrogens (tertiary/aromatic N) is 3. The molecule has 8 nitrogen and oxygen atoms in total. The second kappa shape index (κ2) is 9.48. The normalized spacial score (nSPS) is 33.2. The lowest BCUT2D eigenvalue weighted by molar-refractivity contribution is -0.152. The molecule has 1 spiro atoms. The van der Waals surface area contributed by atoms with Crippen molar-refractivity contribution in [3.63, 3.8) is 0 Å². The summed E-state index contributed by atoms with van der Waals surface area (Å²) in [7, 11) is 1.72. The molecule has 0 radical (unpaired) electrons.